The van der Waals surface area contributed by atoms with E-state index in [2.05, 4.69) is 179 Å². The van der Waals surface area contributed by atoms with Gasteiger partial charge in [-0.25, -0.2) is 9.97 Å². The first-order valence-corrected chi connectivity index (χ1v) is 19.3. The summed E-state index contributed by atoms with van der Waals surface area (Å²) >= 11 is 0. The molecule has 5 heteroatoms. The van der Waals surface area contributed by atoms with Crippen LogP contribution in [0.3, 0.4) is 0 Å². The van der Waals surface area contributed by atoms with Gasteiger partial charge in [-0.1, -0.05) is 146 Å². The first-order chi connectivity index (χ1) is 28.3. The summed E-state index contributed by atoms with van der Waals surface area (Å²) in [4.78, 5) is 13.3. The Bertz CT molecular complexity index is 3390. The second-order valence-electron chi connectivity index (χ2n) is 14.6. The fourth-order valence-electron chi connectivity index (χ4n) is 8.82. The van der Waals surface area contributed by atoms with Crippen molar-refractivity contribution in [2.75, 3.05) is 4.90 Å². The molecule has 0 N–H and O–H groups in total. The number of fused-ring (bicyclic) bond motifs is 10. The molecule has 5 nitrogen and oxygen atoms in total. The normalized spacial score (nSPS) is 12.3. The summed E-state index contributed by atoms with van der Waals surface area (Å²) in [5, 5.41) is 7.94. The molecule has 0 radical (unpaired) electrons. The Balaban J connectivity index is 1.17. The molecule has 0 saturated carbocycles. The van der Waals surface area contributed by atoms with Crippen molar-refractivity contribution < 1.29 is 4.74 Å². The molecule has 0 aliphatic carbocycles. The number of anilines is 3. The lowest BCUT2D eigenvalue weighted by molar-refractivity contribution is 0.477. The van der Waals surface area contributed by atoms with E-state index in [1.54, 1.807) is 0 Å². The van der Waals surface area contributed by atoms with E-state index in [1.165, 1.54) is 16.2 Å². The molecular weight excluding hydrogens is 697 g/mol. The Morgan fingerprint density at radius 3 is 1.98 bits per heavy atom. The molecule has 1 aliphatic heterocycles. The van der Waals surface area contributed by atoms with E-state index in [0.29, 0.717) is 5.95 Å². The van der Waals surface area contributed by atoms with Crippen molar-refractivity contribution in [3.63, 3.8) is 0 Å². The first kappa shape index (κ1) is 31.6. The van der Waals surface area contributed by atoms with Gasteiger partial charge < -0.3 is 9.64 Å². The van der Waals surface area contributed by atoms with Crippen LogP contribution in [-0.4, -0.2) is 14.5 Å². The lowest BCUT2D eigenvalue weighted by Crippen LogP contribution is -2.15. The zero-order valence-electron chi connectivity index (χ0n) is 30.7. The highest BCUT2D eigenvalue weighted by molar-refractivity contribution is 6.23. The van der Waals surface area contributed by atoms with Crippen molar-refractivity contribution >= 4 is 71.3 Å². The monoisotopic (exact) mass is 728 g/mol. The molecule has 12 rings (SSSR count). The Morgan fingerprint density at radius 1 is 0.439 bits per heavy atom. The molecular formula is C52H32N4O. The minimum absolute atomic E-state index is 0.624. The second-order valence-corrected chi connectivity index (χ2v) is 14.6. The van der Waals surface area contributed by atoms with Crippen molar-refractivity contribution in [2.45, 2.75) is 0 Å². The Labute approximate surface area is 328 Å². The molecule has 0 bridgehead atoms. The van der Waals surface area contributed by atoms with E-state index in [0.717, 1.165) is 89.0 Å². The van der Waals surface area contributed by atoms with Gasteiger partial charge in [-0.05, 0) is 70.3 Å². The van der Waals surface area contributed by atoms with E-state index < -0.39 is 0 Å². The highest BCUT2D eigenvalue weighted by Gasteiger charge is 2.27. The summed E-state index contributed by atoms with van der Waals surface area (Å²) in [5.41, 5.74) is 10.1. The SMILES string of the molecule is c1ccc(-c2nc(-n3c4ccc5ccccc5c4c4cccc(-c5ccc6c(c5)Oc5ccccc5N6c5ccccc5)c43)nc3c2ccc2ccccc23)cc1. The molecule has 0 atom stereocenters. The van der Waals surface area contributed by atoms with E-state index in [-0.39, 0.29) is 0 Å². The zero-order valence-corrected chi connectivity index (χ0v) is 30.7. The highest BCUT2D eigenvalue weighted by atomic mass is 16.5. The smallest absolute Gasteiger partial charge is 0.235 e. The van der Waals surface area contributed by atoms with Crippen LogP contribution in [0.5, 0.6) is 11.5 Å². The molecule has 0 amide bonds. The van der Waals surface area contributed by atoms with Crippen LogP contribution in [0.1, 0.15) is 0 Å². The third-order valence-corrected chi connectivity index (χ3v) is 11.4. The maximum absolute atomic E-state index is 6.72. The van der Waals surface area contributed by atoms with E-state index >= 15 is 0 Å². The number of aromatic nitrogens is 3. The lowest BCUT2D eigenvalue weighted by atomic mass is 9.99. The van der Waals surface area contributed by atoms with Gasteiger partial charge in [0.2, 0.25) is 5.95 Å². The van der Waals surface area contributed by atoms with Gasteiger partial charge in [0.25, 0.3) is 0 Å². The predicted octanol–water partition coefficient (Wildman–Crippen LogP) is 13.9. The van der Waals surface area contributed by atoms with Gasteiger partial charge in [0, 0.05) is 38.4 Å². The maximum Gasteiger partial charge on any atom is 0.235 e. The number of ether oxygens (including phenoxy) is 1. The molecule has 57 heavy (non-hydrogen) atoms. The summed E-state index contributed by atoms with van der Waals surface area (Å²) in [5.74, 6) is 2.23. The molecule has 3 heterocycles. The third-order valence-electron chi connectivity index (χ3n) is 11.4. The predicted molar refractivity (Wildman–Crippen MR) is 235 cm³/mol. The van der Waals surface area contributed by atoms with Crippen LogP contribution in [0.25, 0.3) is 82.6 Å². The van der Waals surface area contributed by atoms with Crippen LogP contribution >= 0.6 is 0 Å². The van der Waals surface area contributed by atoms with Crippen molar-refractivity contribution in [3.05, 3.63) is 194 Å². The maximum atomic E-state index is 6.72. The first-order valence-electron chi connectivity index (χ1n) is 19.3. The quantitative estimate of drug-likeness (QED) is 0.169. The number of nitrogens with zero attached hydrogens (tertiary/aromatic N) is 4. The van der Waals surface area contributed by atoms with Crippen LogP contribution < -0.4 is 9.64 Å². The van der Waals surface area contributed by atoms with E-state index in [9.17, 15) is 0 Å². The topological polar surface area (TPSA) is 43.2 Å². The standard InChI is InChI=1S/C52H32N4O/c1-3-16-35(17-4-1)49-42-29-26-34-15-8-10-21-39(34)50(42)54-52(53-49)56-45-31-27-33-14-7-9-20-38(33)48(45)41-23-13-22-40(51(41)56)36-28-30-44-47(32-36)57-46-25-12-11-24-43(46)55(44)37-18-5-2-6-19-37/h1-32H. The fourth-order valence-corrected chi connectivity index (χ4v) is 8.82. The number of para-hydroxylation sites is 4. The van der Waals surface area contributed by atoms with Crippen molar-refractivity contribution in [2.24, 2.45) is 0 Å². The average molecular weight is 729 g/mol. The Hall–Kier alpha value is -7.76. The second kappa shape index (κ2) is 12.4. The summed E-state index contributed by atoms with van der Waals surface area (Å²) in [7, 11) is 0. The fraction of sp³-hybridized carbons (Fsp3) is 0. The van der Waals surface area contributed by atoms with Crippen molar-refractivity contribution in [3.8, 4) is 39.8 Å². The minimum Gasteiger partial charge on any atom is -0.453 e. The largest absolute Gasteiger partial charge is 0.453 e. The van der Waals surface area contributed by atoms with Gasteiger partial charge in [0.05, 0.1) is 33.6 Å². The summed E-state index contributed by atoms with van der Waals surface area (Å²) in [6.45, 7) is 0. The number of benzene rings is 9. The van der Waals surface area contributed by atoms with Crippen molar-refractivity contribution in [1.82, 2.24) is 14.5 Å². The van der Waals surface area contributed by atoms with Crippen LogP contribution in [0.2, 0.25) is 0 Å². The molecule has 2 aromatic heterocycles. The summed E-state index contributed by atoms with van der Waals surface area (Å²) in [6.07, 6.45) is 0. The van der Waals surface area contributed by atoms with Crippen LogP contribution in [0, 0.1) is 0 Å². The van der Waals surface area contributed by atoms with E-state index in [4.69, 9.17) is 14.7 Å². The van der Waals surface area contributed by atoms with Gasteiger partial charge >= 0.3 is 0 Å². The van der Waals surface area contributed by atoms with Gasteiger partial charge in [-0.3, -0.25) is 4.57 Å². The van der Waals surface area contributed by atoms with Crippen molar-refractivity contribution in [1.29, 1.82) is 0 Å². The summed E-state index contributed by atoms with van der Waals surface area (Å²) < 4.78 is 9.00. The summed E-state index contributed by atoms with van der Waals surface area (Å²) in [6, 6.07) is 68.3. The minimum atomic E-state index is 0.624. The molecule has 9 aromatic carbocycles. The molecule has 0 unspecified atom stereocenters. The molecule has 266 valence electrons. The molecule has 1 aliphatic rings. The van der Waals surface area contributed by atoms with Gasteiger partial charge in [-0.15, -0.1) is 0 Å². The third kappa shape index (κ3) is 4.82. The van der Waals surface area contributed by atoms with E-state index in [1.807, 2.05) is 24.3 Å². The lowest BCUT2D eigenvalue weighted by Gasteiger charge is -2.33. The average Bonchev–Trinajstić information content (AvgIpc) is 3.63. The van der Waals surface area contributed by atoms with Crippen LogP contribution in [-0.2, 0) is 0 Å². The number of hydrogen-bond acceptors (Lipinski definition) is 4. The van der Waals surface area contributed by atoms with Crippen LogP contribution in [0.15, 0.2) is 194 Å². The molecule has 11 aromatic rings. The zero-order chi connectivity index (χ0) is 37.5. The molecule has 0 spiro atoms. The van der Waals surface area contributed by atoms with Gasteiger partial charge in [0.1, 0.15) is 0 Å². The highest BCUT2D eigenvalue weighted by Crippen LogP contribution is 2.52. The number of rotatable bonds is 4. The Morgan fingerprint density at radius 2 is 1.12 bits per heavy atom. The van der Waals surface area contributed by atoms with Crippen LogP contribution in [0.4, 0.5) is 17.1 Å². The molecule has 0 saturated heterocycles. The van der Waals surface area contributed by atoms with Gasteiger partial charge in [0.15, 0.2) is 11.5 Å². The number of hydrogen-bond donors (Lipinski definition) is 0. The molecule has 0 fully saturated rings. The Kier molecular flexibility index (Phi) is 6.86. The van der Waals surface area contributed by atoms with Gasteiger partial charge in [-0.2, -0.15) is 0 Å².